The number of phenolic OH excluding ortho intramolecular Hbond substituents is 1. The van der Waals surface area contributed by atoms with Crippen molar-refractivity contribution in [3.63, 3.8) is 0 Å². The van der Waals surface area contributed by atoms with Crippen LogP contribution >= 0.6 is 0 Å². The molecule has 0 bridgehead atoms. The number of phenols is 1. The first-order chi connectivity index (χ1) is 9.85. The summed E-state index contributed by atoms with van der Waals surface area (Å²) in [5, 5.41) is 18.9. The third-order valence-electron chi connectivity index (χ3n) is 4.11. The van der Waals surface area contributed by atoms with Gasteiger partial charge >= 0.3 is 5.97 Å². The molecule has 0 aliphatic rings. The van der Waals surface area contributed by atoms with Gasteiger partial charge in [0.25, 0.3) is 0 Å². The minimum absolute atomic E-state index is 0.0163. The van der Waals surface area contributed by atoms with Crippen molar-refractivity contribution < 1.29 is 15.0 Å². The van der Waals surface area contributed by atoms with E-state index in [1.54, 1.807) is 6.07 Å². The van der Waals surface area contributed by atoms with Crippen molar-refractivity contribution in [2.75, 3.05) is 0 Å². The molecule has 3 nitrogen and oxygen atoms in total. The number of carboxylic acids is 1. The summed E-state index contributed by atoms with van der Waals surface area (Å²) >= 11 is 0. The Morgan fingerprint density at radius 3 is 2.19 bits per heavy atom. The maximum atomic E-state index is 10.9. The third-order valence-corrected chi connectivity index (χ3v) is 4.11. The predicted molar refractivity (Wildman–Crippen MR) is 83.8 cm³/mol. The Balaban J connectivity index is 2.37. The fraction of sp³-hybridized carbons (Fsp3) is 0.278. The lowest BCUT2D eigenvalue weighted by molar-refractivity contribution is 0.0696. The summed E-state index contributed by atoms with van der Waals surface area (Å²) in [7, 11) is 0. The van der Waals surface area contributed by atoms with Gasteiger partial charge in [-0.15, -0.1) is 0 Å². The van der Waals surface area contributed by atoms with Crippen LogP contribution in [0.4, 0.5) is 0 Å². The van der Waals surface area contributed by atoms with E-state index in [0.29, 0.717) is 5.56 Å². The molecule has 0 saturated heterocycles. The summed E-state index contributed by atoms with van der Waals surface area (Å²) in [5.41, 5.74) is 2.96. The molecule has 0 aliphatic heterocycles. The third kappa shape index (κ3) is 3.07. The molecule has 2 aromatic rings. The SMILES string of the molecule is CCC(C)(C)c1ccc(-c2ccc(C(=O)O)cc2O)cc1. The van der Waals surface area contributed by atoms with Gasteiger partial charge in [-0.25, -0.2) is 4.79 Å². The summed E-state index contributed by atoms with van der Waals surface area (Å²) < 4.78 is 0. The van der Waals surface area contributed by atoms with Gasteiger partial charge in [0.1, 0.15) is 5.75 Å². The fourth-order valence-corrected chi connectivity index (χ4v) is 2.21. The van der Waals surface area contributed by atoms with Gasteiger partial charge in [-0.2, -0.15) is 0 Å². The molecule has 0 aromatic heterocycles. The molecule has 2 aromatic carbocycles. The molecule has 2 rings (SSSR count). The lowest BCUT2D eigenvalue weighted by Gasteiger charge is -2.23. The molecular formula is C18H20O3. The van der Waals surface area contributed by atoms with E-state index in [-0.39, 0.29) is 16.7 Å². The highest BCUT2D eigenvalue weighted by Crippen LogP contribution is 2.33. The van der Waals surface area contributed by atoms with Crippen molar-refractivity contribution in [2.24, 2.45) is 0 Å². The molecule has 110 valence electrons. The minimum atomic E-state index is -1.04. The Morgan fingerprint density at radius 1 is 1.10 bits per heavy atom. The number of carbonyl (C=O) groups is 1. The normalized spacial score (nSPS) is 11.4. The Labute approximate surface area is 124 Å². The van der Waals surface area contributed by atoms with Crippen LogP contribution in [0.2, 0.25) is 0 Å². The zero-order valence-corrected chi connectivity index (χ0v) is 12.6. The van der Waals surface area contributed by atoms with Crippen LogP contribution in [0.5, 0.6) is 5.75 Å². The fourth-order valence-electron chi connectivity index (χ4n) is 2.21. The monoisotopic (exact) mass is 284 g/mol. The molecule has 0 fully saturated rings. The maximum absolute atomic E-state index is 10.9. The van der Waals surface area contributed by atoms with Gasteiger partial charge in [-0.1, -0.05) is 45.0 Å². The highest BCUT2D eigenvalue weighted by atomic mass is 16.4. The predicted octanol–water partition coefficient (Wildman–Crippen LogP) is 4.45. The average molecular weight is 284 g/mol. The average Bonchev–Trinajstić information content (AvgIpc) is 2.47. The Hall–Kier alpha value is -2.29. The molecule has 2 N–H and O–H groups in total. The molecule has 0 spiro atoms. The Bertz CT molecular complexity index is 655. The first-order valence-corrected chi connectivity index (χ1v) is 7.02. The van der Waals surface area contributed by atoms with E-state index >= 15 is 0 Å². The van der Waals surface area contributed by atoms with Crippen molar-refractivity contribution in [2.45, 2.75) is 32.6 Å². The van der Waals surface area contributed by atoms with Crippen LogP contribution in [0.25, 0.3) is 11.1 Å². The van der Waals surface area contributed by atoms with E-state index in [0.717, 1.165) is 12.0 Å². The van der Waals surface area contributed by atoms with Crippen LogP contribution < -0.4 is 0 Å². The molecule has 0 atom stereocenters. The minimum Gasteiger partial charge on any atom is -0.507 e. The van der Waals surface area contributed by atoms with Gasteiger partial charge in [0.15, 0.2) is 0 Å². The van der Waals surface area contributed by atoms with Crippen molar-refractivity contribution in [1.29, 1.82) is 0 Å². The standard InChI is InChI=1S/C18H20O3/c1-4-18(2,3)14-8-5-12(6-9-14)15-10-7-13(17(20)21)11-16(15)19/h5-11,19H,4H2,1-3H3,(H,20,21). The lowest BCUT2D eigenvalue weighted by Crippen LogP contribution is -2.14. The number of carboxylic acid groups (broad SMARTS) is 1. The zero-order chi connectivity index (χ0) is 15.6. The second-order valence-corrected chi connectivity index (χ2v) is 5.85. The van der Waals surface area contributed by atoms with Crippen LogP contribution in [-0.4, -0.2) is 16.2 Å². The van der Waals surface area contributed by atoms with Gasteiger partial charge in [0, 0.05) is 5.56 Å². The van der Waals surface area contributed by atoms with E-state index < -0.39 is 5.97 Å². The van der Waals surface area contributed by atoms with E-state index in [9.17, 15) is 9.90 Å². The quantitative estimate of drug-likeness (QED) is 0.872. The van der Waals surface area contributed by atoms with Crippen LogP contribution in [0.1, 0.15) is 43.1 Å². The van der Waals surface area contributed by atoms with Gasteiger partial charge in [-0.05, 0) is 41.2 Å². The molecule has 21 heavy (non-hydrogen) atoms. The number of aromatic carboxylic acids is 1. The van der Waals surface area contributed by atoms with Gasteiger partial charge in [0.05, 0.1) is 5.56 Å². The molecular weight excluding hydrogens is 264 g/mol. The molecule has 0 unspecified atom stereocenters. The Kier molecular flexibility index (Phi) is 4.03. The summed E-state index contributed by atoms with van der Waals surface area (Å²) in [6.07, 6.45) is 1.05. The van der Waals surface area contributed by atoms with Crippen LogP contribution in [-0.2, 0) is 5.41 Å². The smallest absolute Gasteiger partial charge is 0.335 e. The number of aromatic hydroxyl groups is 1. The number of hydrogen-bond donors (Lipinski definition) is 2. The summed E-state index contributed by atoms with van der Waals surface area (Å²) in [5.74, 6) is -1.06. The van der Waals surface area contributed by atoms with E-state index in [2.05, 4.69) is 32.9 Å². The van der Waals surface area contributed by atoms with Crippen LogP contribution in [0.3, 0.4) is 0 Å². The largest absolute Gasteiger partial charge is 0.507 e. The molecule has 3 heteroatoms. The molecule has 0 amide bonds. The number of rotatable bonds is 4. The summed E-state index contributed by atoms with van der Waals surface area (Å²) in [6, 6.07) is 12.5. The van der Waals surface area contributed by atoms with E-state index in [1.165, 1.54) is 17.7 Å². The van der Waals surface area contributed by atoms with Crippen molar-refractivity contribution in [3.8, 4) is 16.9 Å². The summed E-state index contributed by atoms with van der Waals surface area (Å²) in [6.45, 7) is 6.55. The number of benzene rings is 2. The first kappa shape index (κ1) is 15.1. The van der Waals surface area contributed by atoms with Crippen molar-refractivity contribution in [3.05, 3.63) is 53.6 Å². The number of hydrogen-bond acceptors (Lipinski definition) is 2. The zero-order valence-electron chi connectivity index (χ0n) is 12.6. The molecule has 0 aliphatic carbocycles. The van der Waals surface area contributed by atoms with Crippen LogP contribution in [0.15, 0.2) is 42.5 Å². The second kappa shape index (κ2) is 5.60. The van der Waals surface area contributed by atoms with Gasteiger partial charge < -0.3 is 10.2 Å². The van der Waals surface area contributed by atoms with Crippen LogP contribution in [0, 0.1) is 0 Å². The van der Waals surface area contributed by atoms with Gasteiger partial charge in [0.2, 0.25) is 0 Å². The Morgan fingerprint density at radius 2 is 1.71 bits per heavy atom. The molecule has 0 saturated carbocycles. The van der Waals surface area contributed by atoms with Gasteiger partial charge in [-0.3, -0.25) is 0 Å². The summed E-state index contributed by atoms with van der Waals surface area (Å²) in [4.78, 5) is 10.9. The highest BCUT2D eigenvalue weighted by Gasteiger charge is 2.18. The second-order valence-electron chi connectivity index (χ2n) is 5.85. The highest BCUT2D eigenvalue weighted by molar-refractivity contribution is 5.89. The molecule has 0 heterocycles. The topological polar surface area (TPSA) is 57.5 Å². The van der Waals surface area contributed by atoms with Crippen molar-refractivity contribution >= 4 is 5.97 Å². The first-order valence-electron chi connectivity index (χ1n) is 7.02. The van der Waals surface area contributed by atoms with E-state index in [4.69, 9.17) is 5.11 Å². The molecule has 0 radical (unpaired) electrons. The van der Waals surface area contributed by atoms with E-state index in [1.807, 2.05) is 12.1 Å². The van der Waals surface area contributed by atoms with Crippen molar-refractivity contribution in [1.82, 2.24) is 0 Å². The lowest BCUT2D eigenvalue weighted by atomic mass is 9.82. The maximum Gasteiger partial charge on any atom is 0.335 e.